The summed E-state index contributed by atoms with van der Waals surface area (Å²) in [6.07, 6.45) is 2.47. The zero-order valence-corrected chi connectivity index (χ0v) is 11.0. The third kappa shape index (κ3) is 3.95. The third-order valence-electron chi connectivity index (χ3n) is 2.45. The van der Waals surface area contributed by atoms with Crippen LogP contribution in [0.5, 0.6) is 0 Å². The lowest BCUT2D eigenvalue weighted by atomic mass is 10.5. The van der Waals surface area contributed by atoms with Gasteiger partial charge in [-0.3, -0.25) is 0 Å². The van der Waals surface area contributed by atoms with Crippen molar-refractivity contribution in [3.63, 3.8) is 0 Å². The minimum atomic E-state index is -3.42. The molecule has 5 nitrogen and oxygen atoms in total. The average Bonchev–Trinajstić information content (AvgIpc) is 2.98. The van der Waals surface area contributed by atoms with Crippen LogP contribution in [0, 0.1) is 5.92 Å². The molecule has 1 fully saturated rings. The van der Waals surface area contributed by atoms with Gasteiger partial charge in [-0.15, -0.1) is 11.3 Å². The molecular weight excluding hydrogens is 260 g/mol. The molecule has 3 N–H and O–H groups in total. The Morgan fingerprint density at radius 3 is 2.88 bits per heavy atom. The number of hydrogen-bond acceptors (Lipinski definition) is 5. The maximum Gasteiger partial charge on any atom is 0.250 e. The van der Waals surface area contributed by atoms with E-state index in [4.69, 9.17) is 10.5 Å². The zero-order chi connectivity index (χ0) is 12.3. The van der Waals surface area contributed by atoms with Crippen LogP contribution in [0.25, 0.3) is 0 Å². The molecule has 1 aliphatic rings. The van der Waals surface area contributed by atoms with Crippen LogP contribution in [0.4, 0.5) is 5.69 Å². The molecule has 1 heterocycles. The number of hydrogen-bond donors (Lipinski definition) is 2. The molecule has 0 spiro atoms. The van der Waals surface area contributed by atoms with Gasteiger partial charge in [0.2, 0.25) is 10.0 Å². The summed E-state index contributed by atoms with van der Waals surface area (Å²) in [5.74, 6) is 0.698. The normalized spacial score (nSPS) is 16.2. The van der Waals surface area contributed by atoms with Crippen LogP contribution in [0.3, 0.4) is 0 Å². The van der Waals surface area contributed by atoms with Crippen molar-refractivity contribution in [1.29, 1.82) is 0 Å². The molecule has 17 heavy (non-hydrogen) atoms. The highest BCUT2D eigenvalue weighted by atomic mass is 32.2. The Balaban J connectivity index is 1.73. The number of thiophene rings is 1. The van der Waals surface area contributed by atoms with Crippen molar-refractivity contribution in [3.05, 3.63) is 11.4 Å². The molecule has 96 valence electrons. The molecule has 0 aromatic carbocycles. The summed E-state index contributed by atoms with van der Waals surface area (Å²) in [4.78, 5) is 0. The summed E-state index contributed by atoms with van der Waals surface area (Å²) in [5.41, 5.74) is 5.96. The fourth-order valence-electron chi connectivity index (χ4n) is 1.33. The van der Waals surface area contributed by atoms with E-state index in [2.05, 4.69) is 4.72 Å². The van der Waals surface area contributed by atoms with Crippen molar-refractivity contribution in [1.82, 2.24) is 4.72 Å². The summed E-state index contributed by atoms with van der Waals surface area (Å²) in [7, 11) is -3.42. The van der Waals surface area contributed by atoms with Gasteiger partial charge in [-0.25, -0.2) is 13.1 Å². The number of nitrogens with one attached hydrogen (secondary N) is 1. The Morgan fingerprint density at radius 1 is 1.53 bits per heavy atom. The number of ether oxygens (including phenoxy) is 1. The van der Waals surface area contributed by atoms with Gasteiger partial charge in [-0.2, -0.15) is 0 Å². The molecule has 0 unspecified atom stereocenters. The van der Waals surface area contributed by atoms with E-state index in [9.17, 15) is 8.42 Å². The second-order valence-electron chi connectivity index (χ2n) is 4.12. The molecule has 2 rings (SSSR count). The van der Waals surface area contributed by atoms with Gasteiger partial charge < -0.3 is 10.5 Å². The van der Waals surface area contributed by atoms with Crippen molar-refractivity contribution in [2.75, 3.05) is 25.5 Å². The van der Waals surface area contributed by atoms with E-state index in [1.807, 2.05) is 0 Å². The Kier molecular flexibility index (Phi) is 4.03. The molecular formula is C10H16N2O3S2. The molecule has 0 aliphatic heterocycles. The van der Waals surface area contributed by atoms with Crippen molar-refractivity contribution < 1.29 is 13.2 Å². The van der Waals surface area contributed by atoms with Gasteiger partial charge in [-0.05, 0) is 24.8 Å². The lowest BCUT2D eigenvalue weighted by Crippen LogP contribution is -2.27. The molecule has 0 saturated heterocycles. The summed E-state index contributed by atoms with van der Waals surface area (Å²) in [6, 6.07) is 1.46. The SMILES string of the molecule is Nc1csc(S(=O)(=O)NCCOCC2CC2)c1. The van der Waals surface area contributed by atoms with Gasteiger partial charge in [0.05, 0.1) is 6.61 Å². The van der Waals surface area contributed by atoms with E-state index in [1.54, 1.807) is 5.38 Å². The lowest BCUT2D eigenvalue weighted by molar-refractivity contribution is 0.129. The molecule has 0 bridgehead atoms. The predicted molar refractivity (Wildman–Crippen MR) is 67.5 cm³/mol. The summed E-state index contributed by atoms with van der Waals surface area (Å²) < 4.78 is 31.6. The molecule has 1 aliphatic carbocycles. The standard InChI is InChI=1S/C10H16N2O3S2/c11-9-5-10(16-7-9)17(13,14)12-3-4-15-6-8-1-2-8/h5,7-8,12H,1-4,6,11H2. The highest BCUT2D eigenvalue weighted by Gasteiger charge is 2.21. The molecule has 1 saturated carbocycles. The Morgan fingerprint density at radius 2 is 2.29 bits per heavy atom. The quantitative estimate of drug-likeness (QED) is 0.729. The van der Waals surface area contributed by atoms with Crippen molar-refractivity contribution in [3.8, 4) is 0 Å². The van der Waals surface area contributed by atoms with Crippen LogP contribution < -0.4 is 10.5 Å². The van der Waals surface area contributed by atoms with Crippen LogP contribution in [0.15, 0.2) is 15.7 Å². The van der Waals surface area contributed by atoms with Crippen molar-refractivity contribution in [2.24, 2.45) is 5.92 Å². The second-order valence-corrected chi connectivity index (χ2v) is 7.02. The topological polar surface area (TPSA) is 81.4 Å². The molecule has 7 heteroatoms. The monoisotopic (exact) mass is 276 g/mol. The van der Waals surface area contributed by atoms with Gasteiger partial charge in [0.15, 0.2) is 0 Å². The van der Waals surface area contributed by atoms with Crippen LogP contribution in [-0.2, 0) is 14.8 Å². The predicted octanol–water partition coefficient (Wildman–Crippen LogP) is 1.04. The average molecular weight is 276 g/mol. The Bertz CT molecular complexity index is 466. The first-order chi connectivity index (χ1) is 8.08. The highest BCUT2D eigenvalue weighted by Crippen LogP contribution is 2.28. The first-order valence-corrected chi connectivity index (χ1v) is 7.85. The fraction of sp³-hybridized carbons (Fsp3) is 0.600. The first-order valence-electron chi connectivity index (χ1n) is 5.49. The Labute approximate surface area is 105 Å². The highest BCUT2D eigenvalue weighted by molar-refractivity contribution is 7.91. The maximum absolute atomic E-state index is 11.7. The third-order valence-corrected chi connectivity index (χ3v) is 5.37. The van der Waals surface area contributed by atoms with E-state index in [1.165, 1.54) is 18.9 Å². The molecule has 1 aromatic heterocycles. The minimum Gasteiger partial charge on any atom is -0.398 e. The van der Waals surface area contributed by atoms with E-state index < -0.39 is 10.0 Å². The molecule has 0 atom stereocenters. The largest absolute Gasteiger partial charge is 0.398 e. The van der Waals surface area contributed by atoms with E-state index in [-0.39, 0.29) is 4.21 Å². The zero-order valence-electron chi connectivity index (χ0n) is 9.39. The summed E-state index contributed by atoms with van der Waals surface area (Å²) >= 11 is 1.12. The van der Waals surface area contributed by atoms with Gasteiger partial charge in [0.25, 0.3) is 0 Å². The number of sulfonamides is 1. The molecule has 0 radical (unpaired) electrons. The second kappa shape index (κ2) is 5.34. The summed E-state index contributed by atoms with van der Waals surface area (Å²) in [6.45, 7) is 1.46. The van der Waals surface area contributed by atoms with Gasteiger partial charge in [0, 0.05) is 24.2 Å². The Hall–Kier alpha value is -0.630. The number of rotatable bonds is 7. The van der Waals surface area contributed by atoms with Crippen molar-refractivity contribution in [2.45, 2.75) is 17.1 Å². The van der Waals surface area contributed by atoms with Gasteiger partial charge >= 0.3 is 0 Å². The van der Waals surface area contributed by atoms with Crippen molar-refractivity contribution >= 4 is 27.0 Å². The summed E-state index contributed by atoms with van der Waals surface area (Å²) in [5, 5.41) is 1.61. The van der Waals surface area contributed by atoms with Crippen LogP contribution >= 0.6 is 11.3 Å². The van der Waals surface area contributed by atoms with Crippen LogP contribution in [0.1, 0.15) is 12.8 Å². The van der Waals surface area contributed by atoms with Crippen LogP contribution in [0.2, 0.25) is 0 Å². The smallest absolute Gasteiger partial charge is 0.250 e. The molecule has 0 amide bonds. The van der Waals surface area contributed by atoms with E-state index in [0.29, 0.717) is 24.8 Å². The van der Waals surface area contributed by atoms with Gasteiger partial charge in [0.1, 0.15) is 4.21 Å². The van der Waals surface area contributed by atoms with Gasteiger partial charge in [-0.1, -0.05) is 0 Å². The first kappa shape index (κ1) is 12.8. The fourth-order valence-corrected chi connectivity index (χ4v) is 3.46. The molecule has 1 aromatic rings. The van der Waals surface area contributed by atoms with E-state index >= 15 is 0 Å². The van der Waals surface area contributed by atoms with Crippen LogP contribution in [-0.4, -0.2) is 28.2 Å². The number of anilines is 1. The lowest BCUT2D eigenvalue weighted by Gasteiger charge is -2.05. The number of nitrogen functional groups attached to an aromatic ring is 1. The minimum absolute atomic E-state index is 0.247. The number of nitrogens with two attached hydrogens (primary N) is 1. The maximum atomic E-state index is 11.7. The van der Waals surface area contributed by atoms with E-state index in [0.717, 1.165) is 17.9 Å².